The van der Waals surface area contributed by atoms with E-state index in [-0.39, 0.29) is 41.3 Å². The minimum atomic E-state index is -4.34. The van der Waals surface area contributed by atoms with Gasteiger partial charge in [-0.15, -0.1) is 0 Å². The maximum atomic E-state index is 14.1. The second kappa shape index (κ2) is 14.4. The molecule has 4 rings (SSSR count). The lowest BCUT2D eigenvalue weighted by Gasteiger charge is -2.33. The minimum Gasteiger partial charge on any atom is -0.486 e. The van der Waals surface area contributed by atoms with Gasteiger partial charge in [-0.3, -0.25) is 13.9 Å². The number of benzene rings is 3. The highest BCUT2D eigenvalue weighted by molar-refractivity contribution is 7.92. The first kappa shape index (κ1) is 31.8. The Morgan fingerprint density at radius 3 is 2.28 bits per heavy atom. The van der Waals surface area contributed by atoms with Crippen LogP contribution >= 0.6 is 0 Å². The van der Waals surface area contributed by atoms with E-state index in [9.17, 15) is 22.4 Å². The molecule has 0 radical (unpaired) electrons. The van der Waals surface area contributed by atoms with E-state index in [0.717, 1.165) is 22.0 Å². The normalized spacial score (nSPS) is 13.3. The molecule has 0 saturated carbocycles. The van der Waals surface area contributed by atoms with Crippen LogP contribution in [0.5, 0.6) is 11.5 Å². The first-order valence-electron chi connectivity index (χ1n) is 14.4. The highest BCUT2D eigenvalue weighted by atomic mass is 32.2. The van der Waals surface area contributed by atoms with Crippen LogP contribution in [0, 0.1) is 11.7 Å². The molecule has 0 saturated heterocycles. The zero-order valence-electron chi connectivity index (χ0n) is 24.7. The van der Waals surface area contributed by atoms with Crippen LogP contribution in [0.25, 0.3) is 0 Å². The molecule has 1 atom stereocenters. The van der Waals surface area contributed by atoms with Gasteiger partial charge >= 0.3 is 0 Å². The lowest BCUT2D eigenvalue weighted by molar-refractivity contribution is -0.139. The third-order valence-corrected chi connectivity index (χ3v) is 8.82. The van der Waals surface area contributed by atoms with E-state index in [4.69, 9.17) is 9.47 Å². The second-order valence-electron chi connectivity index (χ2n) is 10.7. The minimum absolute atomic E-state index is 0.102. The van der Waals surface area contributed by atoms with E-state index < -0.39 is 34.3 Å². The van der Waals surface area contributed by atoms with E-state index in [1.54, 1.807) is 0 Å². The van der Waals surface area contributed by atoms with Gasteiger partial charge in [0, 0.05) is 19.2 Å². The van der Waals surface area contributed by atoms with Crippen molar-refractivity contribution >= 4 is 27.5 Å². The smallest absolute Gasteiger partial charge is 0.264 e. The zero-order chi connectivity index (χ0) is 31.0. The fourth-order valence-electron chi connectivity index (χ4n) is 4.77. The van der Waals surface area contributed by atoms with Gasteiger partial charge in [0.25, 0.3) is 10.0 Å². The number of amides is 2. The molecule has 9 nitrogen and oxygen atoms in total. The molecule has 1 N–H and O–H groups in total. The number of hydrogen-bond acceptors (Lipinski definition) is 6. The molecule has 0 bridgehead atoms. The lowest BCUT2D eigenvalue weighted by atomic mass is 10.1. The number of hydrogen-bond donors (Lipinski definition) is 1. The van der Waals surface area contributed by atoms with Crippen LogP contribution in [0.1, 0.15) is 32.8 Å². The molecule has 0 aliphatic carbocycles. The summed E-state index contributed by atoms with van der Waals surface area (Å²) in [6.07, 6.45) is 0.794. The third kappa shape index (κ3) is 8.04. The molecule has 0 spiro atoms. The average molecular weight is 612 g/mol. The summed E-state index contributed by atoms with van der Waals surface area (Å²) in [6.45, 7) is 6.40. The van der Waals surface area contributed by atoms with Crippen molar-refractivity contribution in [1.29, 1.82) is 0 Å². The molecule has 43 heavy (non-hydrogen) atoms. The predicted octanol–water partition coefficient (Wildman–Crippen LogP) is 4.41. The highest BCUT2D eigenvalue weighted by Gasteiger charge is 2.34. The predicted molar refractivity (Wildman–Crippen MR) is 162 cm³/mol. The Kier molecular flexibility index (Phi) is 10.6. The van der Waals surface area contributed by atoms with Gasteiger partial charge in [-0.2, -0.15) is 0 Å². The van der Waals surface area contributed by atoms with E-state index in [0.29, 0.717) is 31.7 Å². The number of sulfonamides is 1. The first-order valence-corrected chi connectivity index (χ1v) is 15.8. The van der Waals surface area contributed by atoms with Crippen LogP contribution in [0.2, 0.25) is 0 Å². The molecule has 1 aliphatic heterocycles. The Morgan fingerprint density at radius 2 is 1.63 bits per heavy atom. The summed E-state index contributed by atoms with van der Waals surface area (Å²) in [7, 11) is -4.34. The molecule has 0 aromatic heterocycles. The molecule has 1 unspecified atom stereocenters. The average Bonchev–Trinajstić information content (AvgIpc) is 3.01. The molecule has 11 heteroatoms. The molecular formula is C32H38FN3O6S. The Bertz CT molecular complexity index is 1500. The molecule has 0 fully saturated rings. The number of anilines is 1. The lowest BCUT2D eigenvalue weighted by Crippen LogP contribution is -2.53. The maximum absolute atomic E-state index is 14.1. The summed E-state index contributed by atoms with van der Waals surface area (Å²) in [4.78, 5) is 28.7. The van der Waals surface area contributed by atoms with Gasteiger partial charge in [-0.25, -0.2) is 12.8 Å². The van der Waals surface area contributed by atoms with Crippen LogP contribution in [0.3, 0.4) is 0 Å². The zero-order valence-corrected chi connectivity index (χ0v) is 25.5. The number of nitrogens with one attached hydrogen (secondary N) is 1. The van der Waals surface area contributed by atoms with Crippen LogP contribution in [-0.2, 0) is 26.0 Å². The number of carbonyl (C=O) groups excluding carboxylic acids is 2. The number of halogens is 1. The summed E-state index contributed by atoms with van der Waals surface area (Å²) in [5.74, 6) is -0.521. The monoisotopic (exact) mass is 611 g/mol. The Hall–Kier alpha value is -4.12. The van der Waals surface area contributed by atoms with Crippen molar-refractivity contribution in [2.24, 2.45) is 5.92 Å². The number of nitrogens with zero attached hydrogens (tertiary/aromatic N) is 2. The molecule has 2 amide bonds. The van der Waals surface area contributed by atoms with Crippen molar-refractivity contribution in [3.8, 4) is 11.5 Å². The fraction of sp³-hybridized carbons (Fsp3) is 0.375. The topological polar surface area (TPSA) is 105 Å². The van der Waals surface area contributed by atoms with E-state index in [2.05, 4.69) is 5.32 Å². The van der Waals surface area contributed by atoms with Crippen LogP contribution in [0.4, 0.5) is 10.1 Å². The maximum Gasteiger partial charge on any atom is 0.264 e. The van der Waals surface area contributed by atoms with E-state index in [1.807, 2.05) is 51.1 Å². The van der Waals surface area contributed by atoms with Crippen molar-refractivity contribution in [2.75, 3.05) is 37.2 Å². The van der Waals surface area contributed by atoms with Gasteiger partial charge in [0.2, 0.25) is 11.8 Å². The van der Waals surface area contributed by atoms with E-state index >= 15 is 0 Å². The van der Waals surface area contributed by atoms with Gasteiger partial charge < -0.3 is 19.7 Å². The van der Waals surface area contributed by atoms with Crippen LogP contribution in [0.15, 0.2) is 77.7 Å². The van der Waals surface area contributed by atoms with Gasteiger partial charge in [0.15, 0.2) is 11.5 Å². The Morgan fingerprint density at radius 1 is 0.953 bits per heavy atom. The summed E-state index contributed by atoms with van der Waals surface area (Å²) in [6, 6.07) is 17.8. The molecule has 3 aromatic carbocycles. The summed E-state index contributed by atoms with van der Waals surface area (Å²) < 4.78 is 54.1. The van der Waals surface area contributed by atoms with Crippen molar-refractivity contribution in [1.82, 2.24) is 10.2 Å². The number of carbonyl (C=O) groups is 2. The Labute approximate surface area is 252 Å². The van der Waals surface area contributed by atoms with Crippen molar-refractivity contribution in [3.63, 3.8) is 0 Å². The summed E-state index contributed by atoms with van der Waals surface area (Å²) >= 11 is 0. The standard InChI is InChI=1S/C32H38FN3O6S/c1-4-28(32(38)34-21-23(2)3)35(17-16-24-8-6-5-7-9-24)31(37)22-36(26-12-10-25(33)11-13-26)43(39,40)27-14-15-29-30(20-27)42-19-18-41-29/h5-15,20,23,28H,4,16-19,21-22H2,1-3H3,(H,34,38). The summed E-state index contributed by atoms with van der Waals surface area (Å²) in [5.41, 5.74) is 1.07. The SMILES string of the molecule is CCC(C(=O)NCC(C)C)N(CCc1ccccc1)C(=O)CN(c1ccc(F)cc1)S(=O)(=O)c1ccc2c(c1)OCCO2. The van der Waals surface area contributed by atoms with Crippen molar-refractivity contribution in [3.05, 3.63) is 84.2 Å². The fourth-order valence-corrected chi connectivity index (χ4v) is 6.20. The van der Waals surface area contributed by atoms with Crippen molar-refractivity contribution < 1.29 is 31.9 Å². The second-order valence-corrected chi connectivity index (χ2v) is 12.5. The van der Waals surface area contributed by atoms with Gasteiger partial charge in [0.1, 0.15) is 31.6 Å². The molecular weight excluding hydrogens is 573 g/mol. The molecule has 3 aromatic rings. The molecule has 230 valence electrons. The number of ether oxygens (including phenoxy) is 2. The van der Waals surface area contributed by atoms with E-state index in [1.165, 1.54) is 35.2 Å². The highest BCUT2D eigenvalue weighted by Crippen LogP contribution is 2.34. The van der Waals surface area contributed by atoms with Gasteiger partial charge in [-0.05, 0) is 60.7 Å². The van der Waals surface area contributed by atoms with Gasteiger partial charge in [-0.1, -0.05) is 51.1 Å². The third-order valence-electron chi connectivity index (χ3n) is 7.05. The van der Waals surface area contributed by atoms with Crippen LogP contribution < -0.4 is 19.1 Å². The van der Waals surface area contributed by atoms with Gasteiger partial charge in [0.05, 0.1) is 10.6 Å². The Balaban J connectivity index is 1.69. The van der Waals surface area contributed by atoms with Crippen LogP contribution in [-0.4, -0.2) is 64.0 Å². The van der Waals surface area contributed by atoms with Crippen molar-refractivity contribution in [2.45, 2.75) is 44.6 Å². The first-order chi connectivity index (χ1) is 20.6. The summed E-state index contributed by atoms with van der Waals surface area (Å²) in [5, 5.41) is 2.91. The number of rotatable bonds is 13. The largest absolute Gasteiger partial charge is 0.486 e. The quantitative estimate of drug-likeness (QED) is 0.307. The number of fused-ring (bicyclic) bond motifs is 1. The molecule has 1 heterocycles. The molecule has 1 aliphatic rings.